The first kappa shape index (κ1) is 11.5. The molecule has 1 amide bonds. The summed E-state index contributed by atoms with van der Waals surface area (Å²) in [5.74, 6) is 0.835. The standard InChI is InChI=1S/C12H23NO/c1-8(2)7-9-11(3,4)12(5,6)10(14)13-9/h8-9H,7H2,1-6H3,(H,13,14). The molecule has 1 atom stereocenters. The average Bonchev–Trinajstić information content (AvgIpc) is 2.12. The molecule has 14 heavy (non-hydrogen) atoms. The van der Waals surface area contributed by atoms with Gasteiger partial charge in [0.15, 0.2) is 0 Å². The Morgan fingerprint density at radius 3 is 2.07 bits per heavy atom. The molecule has 0 bridgehead atoms. The van der Waals surface area contributed by atoms with Gasteiger partial charge in [0.1, 0.15) is 0 Å². The van der Waals surface area contributed by atoms with Gasteiger partial charge in [0.25, 0.3) is 0 Å². The van der Waals surface area contributed by atoms with E-state index in [4.69, 9.17) is 0 Å². The highest BCUT2D eigenvalue weighted by Gasteiger charge is 2.54. The summed E-state index contributed by atoms with van der Waals surface area (Å²) in [5, 5.41) is 3.13. The summed E-state index contributed by atoms with van der Waals surface area (Å²) in [6.07, 6.45) is 1.07. The van der Waals surface area contributed by atoms with Crippen LogP contribution in [0.25, 0.3) is 0 Å². The molecule has 1 aliphatic heterocycles. The maximum atomic E-state index is 11.8. The lowest BCUT2D eigenvalue weighted by atomic mass is 9.66. The van der Waals surface area contributed by atoms with Crippen LogP contribution in [0.1, 0.15) is 48.0 Å². The monoisotopic (exact) mass is 197 g/mol. The molecule has 0 aromatic heterocycles. The Balaban J connectivity index is 2.88. The van der Waals surface area contributed by atoms with Gasteiger partial charge in [-0.05, 0) is 17.8 Å². The Bertz CT molecular complexity index is 241. The first-order valence-electron chi connectivity index (χ1n) is 5.50. The van der Waals surface area contributed by atoms with Crippen LogP contribution in [0.5, 0.6) is 0 Å². The second-order valence-corrected chi connectivity index (χ2v) is 6.00. The van der Waals surface area contributed by atoms with Crippen LogP contribution in [0, 0.1) is 16.7 Å². The smallest absolute Gasteiger partial charge is 0.226 e. The van der Waals surface area contributed by atoms with Crippen molar-refractivity contribution in [2.24, 2.45) is 16.7 Å². The average molecular weight is 197 g/mol. The van der Waals surface area contributed by atoms with Crippen LogP contribution < -0.4 is 5.32 Å². The van der Waals surface area contributed by atoms with E-state index in [9.17, 15) is 4.79 Å². The van der Waals surface area contributed by atoms with E-state index in [1.165, 1.54) is 0 Å². The van der Waals surface area contributed by atoms with E-state index in [-0.39, 0.29) is 16.7 Å². The van der Waals surface area contributed by atoms with Crippen LogP contribution in [0.2, 0.25) is 0 Å². The molecular weight excluding hydrogens is 174 g/mol. The molecule has 0 radical (unpaired) electrons. The maximum Gasteiger partial charge on any atom is 0.226 e. The van der Waals surface area contributed by atoms with Crippen LogP contribution in [0.4, 0.5) is 0 Å². The van der Waals surface area contributed by atoms with Crippen molar-refractivity contribution in [3.05, 3.63) is 0 Å². The Morgan fingerprint density at radius 2 is 1.79 bits per heavy atom. The van der Waals surface area contributed by atoms with E-state index in [2.05, 4.69) is 33.0 Å². The number of rotatable bonds is 2. The zero-order valence-corrected chi connectivity index (χ0v) is 10.3. The Hall–Kier alpha value is -0.530. The van der Waals surface area contributed by atoms with Gasteiger partial charge in [-0.2, -0.15) is 0 Å². The predicted octanol–water partition coefficient (Wildman–Crippen LogP) is 2.58. The molecular formula is C12H23NO. The number of hydrogen-bond acceptors (Lipinski definition) is 1. The molecule has 2 heteroatoms. The van der Waals surface area contributed by atoms with Gasteiger partial charge in [-0.15, -0.1) is 0 Å². The van der Waals surface area contributed by atoms with Crippen LogP contribution in [-0.4, -0.2) is 11.9 Å². The highest BCUT2D eigenvalue weighted by atomic mass is 16.2. The van der Waals surface area contributed by atoms with E-state index in [1.54, 1.807) is 0 Å². The van der Waals surface area contributed by atoms with Gasteiger partial charge in [-0.1, -0.05) is 41.5 Å². The lowest BCUT2D eigenvalue weighted by molar-refractivity contribution is -0.128. The van der Waals surface area contributed by atoms with Crippen molar-refractivity contribution >= 4 is 5.91 Å². The molecule has 1 N–H and O–H groups in total. The van der Waals surface area contributed by atoms with Gasteiger partial charge in [0.05, 0.1) is 5.41 Å². The Kier molecular flexibility index (Phi) is 2.68. The van der Waals surface area contributed by atoms with E-state index in [0.717, 1.165) is 6.42 Å². The van der Waals surface area contributed by atoms with Crippen molar-refractivity contribution in [3.8, 4) is 0 Å². The number of nitrogens with one attached hydrogen (secondary N) is 1. The molecule has 1 saturated heterocycles. The molecule has 0 aromatic rings. The summed E-state index contributed by atoms with van der Waals surface area (Å²) in [4.78, 5) is 11.8. The third-order valence-electron chi connectivity index (χ3n) is 4.06. The third kappa shape index (κ3) is 1.55. The summed E-state index contributed by atoms with van der Waals surface area (Å²) >= 11 is 0. The van der Waals surface area contributed by atoms with E-state index in [1.807, 2.05) is 13.8 Å². The van der Waals surface area contributed by atoms with Gasteiger partial charge < -0.3 is 5.32 Å². The van der Waals surface area contributed by atoms with Crippen LogP contribution in [0.3, 0.4) is 0 Å². The summed E-state index contributed by atoms with van der Waals surface area (Å²) in [5.41, 5.74) is -0.194. The second kappa shape index (κ2) is 3.25. The molecule has 1 fully saturated rings. The van der Waals surface area contributed by atoms with E-state index >= 15 is 0 Å². The van der Waals surface area contributed by atoms with Crippen molar-refractivity contribution in [1.82, 2.24) is 5.32 Å². The molecule has 1 rings (SSSR count). The molecule has 1 aliphatic rings. The quantitative estimate of drug-likeness (QED) is 0.724. The van der Waals surface area contributed by atoms with Crippen molar-refractivity contribution in [3.63, 3.8) is 0 Å². The van der Waals surface area contributed by atoms with Crippen molar-refractivity contribution in [2.75, 3.05) is 0 Å². The zero-order chi connectivity index (χ0) is 11.1. The minimum atomic E-state index is -0.243. The largest absolute Gasteiger partial charge is 0.352 e. The van der Waals surface area contributed by atoms with Crippen LogP contribution in [-0.2, 0) is 4.79 Å². The first-order chi connectivity index (χ1) is 6.19. The fraction of sp³-hybridized carbons (Fsp3) is 0.917. The van der Waals surface area contributed by atoms with Crippen molar-refractivity contribution in [2.45, 2.75) is 54.0 Å². The predicted molar refractivity (Wildman–Crippen MR) is 58.9 cm³/mol. The fourth-order valence-electron chi connectivity index (χ4n) is 2.07. The Labute approximate surface area is 87.5 Å². The van der Waals surface area contributed by atoms with Gasteiger partial charge in [0, 0.05) is 6.04 Å². The van der Waals surface area contributed by atoms with Gasteiger partial charge in [-0.25, -0.2) is 0 Å². The molecule has 2 nitrogen and oxygen atoms in total. The van der Waals surface area contributed by atoms with Gasteiger partial charge >= 0.3 is 0 Å². The number of carbonyl (C=O) groups excluding carboxylic acids is 1. The topological polar surface area (TPSA) is 29.1 Å². The van der Waals surface area contributed by atoms with E-state index in [0.29, 0.717) is 12.0 Å². The first-order valence-corrected chi connectivity index (χ1v) is 5.50. The molecule has 82 valence electrons. The minimum absolute atomic E-state index is 0.0500. The minimum Gasteiger partial charge on any atom is -0.352 e. The molecule has 0 saturated carbocycles. The highest BCUT2D eigenvalue weighted by molar-refractivity contribution is 5.85. The van der Waals surface area contributed by atoms with Crippen LogP contribution in [0.15, 0.2) is 0 Å². The number of carbonyl (C=O) groups is 1. The lowest BCUT2D eigenvalue weighted by Crippen LogP contribution is -2.38. The highest BCUT2D eigenvalue weighted by Crippen LogP contribution is 2.47. The zero-order valence-electron chi connectivity index (χ0n) is 10.3. The fourth-order valence-corrected chi connectivity index (χ4v) is 2.07. The van der Waals surface area contributed by atoms with Gasteiger partial charge in [0.2, 0.25) is 5.91 Å². The normalized spacial score (nSPS) is 29.4. The summed E-state index contributed by atoms with van der Waals surface area (Å²) in [6, 6.07) is 0.324. The number of amides is 1. The molecule has 1 heterocycles. The molecule has 0 aliphatic carbocycles. The summed E-state index contributed by atoms with van der Waals surface area (Å²) in [6.45, 7) is 12.9. The molecule has 0 aromatic carbocycles. The van der Waals surface area contributed by atoms with Gasteiger partial charge in [-0.3, -0.25) is 4.79 Å². The third-order valence-corrected chi connectivity index (χ3v) is 4.06. The maximum absolute atomic E-state index is 11.8. The number of hydrogen-bond donors (Lipinski definition) is 1. The van der Waals surface area contributed by atoms with Crippen LogP contribution >= 0.6 is 0 Å². The lowest BCUT2D eigenvalue weighted by Gasteiger charge is -2.36. The molecule has 1 unspecified atom stereocenters. The van der Waals surface area contributed by atoms with Crippen molar-refractivity contribution < 1.29 is 4.79 Å². The van der Waals surface area contributed by atoms with Crippen molar-refractivity contribution in [1.29, 1.82) is 0 Å². The Morgan fingerprint density at radius 1 is 1.29 bits per heavy atom. The summed E-state index contributed by atoms with van der Waals surface area (Å²) < 4.78 is 0. The van der Waals surface area contributed by atoms with E-state index < -0.39 is 0 Å². The summed E-state index contributed by atoms with van der Waals surface area (Å²) in [7, 11) is 0. The SMILES string of the molecule is CC(C)CC1NC(=O)C(C)(C)C1(C)C. The second-order valence-electron chi connectivity index (χ2n) is 6.00. The molecule has 0 spiro atoms.